The van der Waals surface area contributed by atoms with Gasteiger partial charge in [0.15, 0.2) is 0 Å². The van der Waals surface area contributed by atoms with Crippen LogP contribution in [0.15, 0.2) is 36.4 Å². The van der Waals surface area contributed by atoms with E-state index in [1.807, 2.05) is 0 Å². The molecule has 96 valence electrons. The number of carboxylic acid groups (broad SMARTS) is 1. The number of carbonyl (C=O) groups is 2. The Morgan fingerprint density at radius 1 is 1.22 bits per heavy atom. The molecule has 7 heteroatoms. The SMILES string of the molecule is O=C(O)/C=C/C(=O)OC(Br)(Br)c1ccccc1O. The second kappa shape index (κ2) is 6.01. The molecule has 1 aromatic carbocycles. The molecule has 18 heavy (non-hydrogen) atoms. The van der Waals surface area contributed by atoms with Gasteiger partial charge in [-0.1, -0.05) is 12.1 Å². The summed E-state index contributed by atoms with van der Waals surface area (Å²) in [4.78, 5) is 21.6. The highest BCUT2D eigenvalue weighted by Crippen LogP contribution is 2.43. The van der Waals surface area contributed by atoms with Gasteiger partial charge in [-0.15, -0.1) is 0 Å². The summed E-state index contributed by atoms with van der Waals surface area (Å²) in [7, 11) is 0. The van der Waals surface area contributed by atoms with E-state index in [-0.39, 0.29) is 11.3 Å². The first-order valence-corrected chi connectivity index (χ1v) is 6.22. The number of para-hydroxylation sites is 1. The van der Waals surface area contributed by atoms with Crippen LogP contribution in [0.25, 0.3) is 0 Å². The first-order valence-electron chi connectivity index (χ1n) is 4.63. The highest BCUT2D eigenvalue weighted by atomic mass is 79.9. The standard InChI is InChI=1S/C11H8Br2O5/c12-11(13,7-3-1-2-4-8(7)14)18-10(17)6-5-9(15)16/h1-6,14H,(H,15,16)/b6-5+. The third-order valence-electron chi connectivity index (χ3n) is 1.81. The van der Waals surface area contributed by atoms with E-state index in [4.69, 9.17) is 9.84 Å². The van der Waals surface area contributed by atoms with Crippen molar-refractivity contribution in [2.45, 2.75) is 3.42 Å². The number of ether oxygens (including phenoxy) is 1. The Morgan fingerprint density at radius 2 is 1.83 bits per heavy atom. The van der Waals surface area contributed by atoms with Crippen LogP contribution < -0.4 is 0 Å². The minimum atomic E-state index is -1.43. The van der Waals surface area contributed by atoms with Crippen LogP contribution in [0.5, 0.6) is 5.75 Å². The van der Waals surface area contributed by atoms with Gasteiger partial charge < -0.3 is 14.9 Å². The number of phenolic OH excluding ortho intramolecular Hbond substituents is 1. The van der Waals surface area contributed by atoms with Crippen LogP contribution in [-0.4, -0.2) is 22.2 Å². The second-order valence-electron chi connectivity index (χ2n) is 3.13. The lowest BCUT2D eigenvalue weighted by Gasteiger charge is -2.21. The summed E-state index contributed by atoms with van der Waals surface area (Å²) in [6.07, 6.45) is 1.42. The molecular weight excluding hydrogens is 372 g/mol. The molecule has 1 rings (SSSR count). The number of halogens is 2. The van der Waals surface area contributed by atoms with Crippen molar-refractivity contribution in [2.24, 2.45) is 0 Å². The Kier molecular flexibility index (Phi) is 4.92. The fourth-order valence-electron chi connectivity index (χ4n) is 1.07. The van der Waals surface area contributed by atoms with Crippen molar-refractivity contribution in [1.29, 1.82) is 0 Å². The molecule has 2 N–H and O–H groups in total. The Labute approximate surface area is 119 Å². The van der Waals surface area contributed by atoms with E-state index in [0.29, 0.717) is 6.08 Å². The van der Waals surface area contributed by atoms with Crippen molar-refractivity contribution >= 4 is 43.8 Å². The molecule has 0 fully saturated rings. The molecule has 0 atom stereocenters. The number of carboxylic acids is 1. The molecule has 0 aromatic heterocycles. The number of aliphatic carboxylic acids is 1. The number of hydrogen-bond donors (Lipinski definition) is 2. The Morgan fingerprint density at radius 3 is 2.39 bits per heavy atom. The van der Waals surface area contributed by atoms with Crippen LogP contribution in [0.3, 0.4) is 0 Å². The minimum absolute atomic E-state index is 0.0822. The first-order chi connectivity index (χ1) is 8.33. The van der Waals surface area contributed by atoms with Gasteiger partial charge in [0.1, 0.15) is 5.75 Å². The molecule has 0 saturated heterocycles. The smallest absolute Gasteiger partial charge is 0.333 e. The number of rotatable bonds is 4. The highest BCUT2D eigenvalue weighted by Gasteiger charge is 2.32. The highest BCUT2D eigenvalue weighted by molar-refractivity contribution is 9.24. The van der Waals surface area contributed by atoms with Crippen molar-refractivity contribution in [3.8, 4) is 5.75 Å². The van der Waals surface area contributed by atoms with Gasteiger partial charge >= 0.3 is 11.9 Å². The lowest BCUT2D eigenvalue weighted by Crippen LogP contribution is -2.18. The van der Waals surface area contributed by atoms with Gasteiger partial charge in [-0.2, -0.15) is 0 Å². The summed E-state index contributed by atoms with van der Waals surface area (Å²) in [6, 6.07) is 6.22. The molecule has 1 aromatic rings. The molecule has 0 radical (unpaired) electrons. The summed E-state index contributed by atoms with van der Waals surface area (Å²) in [5.74, 6) is -2.22. The van der Waals surface area contributed by atoms with Gasteiger partial charge in [-0.3, -0.25) is 0 Å². The summed E-state index contributed by atoms with van der Waals surface area (Å²) < 4.78 is 3.51. The molecule has 0 aliphatic heterocycles. The fourth-order valence-corrected chi connectivity index (χ4v) is 2.06. The van der Waals surface area contributed by atoms with E-state index in [1.54, 1.807) is 12.1 Å². The van der Waals surface area contributed by atoms with Crippen LogP contribution in [0.4, 0.5) is 0 Å². The maximum absolute atomic E-state index is 11.3. The molecular formula is C11H8Br2O5. The first kappa shape index (κ1) is 14.7. The van der Waals surface area contributed by atoms with Gasteiger partial charge in [0.25, 0.3) is 3.42 Å². The third-order valence-corrected chi connectivity index (χ3v) is 2.99. The van der Waals surface area contributed by atoms with E-state index >= 15 is 0 Å². The number of aromatic hydroxyl groups is 1. The number of alkyl halides is 2. The molecule has 0 amide bonds. The van der Waals surface area contributed by atoms with Gasteiger partial charge in [0.05, 0.1) is 5.56 Å². The quantitative estimate of drug-likeness (QED) is 0.477. The lowest BCUT2D eigenvalue weighted by atomic mass is 10.2. The number of esters is 1. The molecule has 0 spiro atoms. The number of benzene rings is 1. The Balaban J connectivity index is 2.86. The van der Waals surface area contributed by atoms with Gasteiger partial charge in [-0.05, 0) is 44.0 Å². The number of phenols is 1. The Hall–Kier alpha value is -1.34. The van der Waals surface area contributed by atoms with Crippen molar-refractivity contribution in [3.05, 3.63) is 42.0 Å². The maximum atomic E-state index is 11.3. The average Bonchev–Trinajstić information content (AvgIpc) is 2.26. The molecule has 0 bridgehead atoms. The van der Waals surface area contributed by atoms with E-state index in [1.165, 1.54) is 12.1 Å². The number of carbonyl (C=O) groups excluding carboxylic acids is 1. The van der Waals surface area contributed by atoms with E-state index in [9.17, 15) is 14.7 Å². The summed E-state index contributed by atoms with van der Waals surface area (Å²) in [5.41, 5.74) is 0.280. The minimum Gasteiger partial charge on any atom is -0.507 e. The zero-order chi connectivity index (χ0) is 13.8. The zero-order valence-corrected chi connectivity index (χ0v) is 12.0. The van der Waals surface area contributed by atoms with Crippen LogP contribution >= 0.6 is 31.9 Å². The second-order valence-corrected chi connectivity index (χ2v) is 6.42. The molecule has 0 unspecified atom stereocenters. The van der Waals surface area contributed by atoms with Crippen LogP contribution in [-0.2, 0) is 17.7 Å². The van der Waals surface area contributed by atoms with Crippen LogP contribution in [0.2, 0.25) is 0 Å². The molecule has 5 nitrogen and oxygen atoms in total. The van der Waals surface area contributed by atoms with Gasteiger partial charge in [-0.25, -0.2) is 9.59 Å². The summed E-state index contributed by atoms with van der Waals surface area (Å²) in [5, 5.41) is 18.0. The normalized spacial score (nSPS) is 11.4. The average molecular weight is 380 g/mol. The number of hydrogen-bond acceptors (Lipinski definition) is 4. The predicted octanol–water partition coefficient (Wildman–Crippen LogP) is 2.48. The third kappa shape index (κ3) is 4.15. The van der Waals surface area contributed by atoms with Crippen molar-refractivity contribution in [2.75, 3.05) is 0 Å². The molecule has 0 saturated carbocycles. The van der Waals surface area contributed by atoms with Crippen LogP contribution in [0.1, 0.15) is 5.56 Å². The molecule has 0 aliphatic carbocycles. The van der Waals surface area contributed by atoms with Crippen molar-refractivity contribution < 1.29 is 24.5 Å². The topological polar surface area (TPSA) is 83.8 Å². The summed E-state index contributed by atoms with van der Waals surface area (Å²) >= 11 is 6.16. The predicted molar refractivity (Wildman–Crippen MR) is 70.5 cm³/mol. The zero-order valence-electron chi connectivity index (χ0n) is 8.84. The van der Waals surface area contributed by atoms with E-state index < -0.39 is 15.4 Å². The molecule has 0 heterocycles. The lowest BCUT2D eigenvalue weighted by molar-refractivity contribution is -0.141. The van der Waals surface area contributed by atoms with Crippen LogP contribution in [0, 0.1) is 0 Å². The van der Waals surface area contributed by atoms with Crippen molar-refractivity contribution in [1.82, 2.24) is 0 Å². The Bertz CT molecular complexity index is 496. The fraction of sp³-hybridized carbons (Fsp3) is 0.0909. The van der Waals surface area contributed by atoms with Crippen molar-refractivity contribution in [3.63, 3.8) is 0 Å². The molecule has 0 aliphatic rings. The monoisotopic (exact) mass is 378 g/mol. The van der Waals surface area contributed by atoms with Gasteiger partial charge in [0.2, 0.25) is 0 Å². The maximum Gasteiger partial charge on any atom is 0.333 e. The summed E-state index contributed by atoms with van der Waals surface area (Å²) in [6.45, 7) is 0. The van der Waals surface area contributed by atoms with Gasteiger partial charge in [0, 0.05) is 12.2 Å². The van der Waals surface area contributed by atoms with E-state index in [0.717, 1.165) is 6.08 Å². The van der Waals surface area contributed by atoms with E-state index in [2.05, 4.69) is 31.9 Å². The largest absolute Gasteiger partial charge is 0.507 e.